The van der Waals surface area contributed by atoms with E-state index in [1.165, 1.54) is 0 Å². The summed E-state index contributed by atoms with van der Waals surface area (Å²) in [6.45, 7) is 3.60. The van der Waals surface area contributed by atoms with Crippen LogP contribution in [0.2, 0.25) is 0 Å². The normalized spacial score (nSPS) is 10.3. The van der Waals surface area contributed by atoms with Crippen LogP contribution in [0.25, 0.3) is 0 Å². The van der Waals surface area contributed by atoms with Gasteiger partial charge in [-0.1, -0.05) is 18.2 Å². The van der Waals surface area contributed by atoms with Crippen LogP contribution < -0.4 is 19.7 Å². The first-order chi connectivity index (χ1) is 14.2. The molecule has 0 aliphatic heterocycles. The van der Waals surface area contributed by atoms with Crippen LogP contribution >= 0.6 is 0 Å². The van der Waals surface area contributed by atoms with Crippen molar-refractivity contribution in [3.63, 3.8) is 0 Å². The van der Waals surface area contributed by atoms with Gasteiger partial charge < -0.3 is 19.7 Å². The van der Waals surface area contributed by atoms with E-state index in [4.69, 9.17) is 9.47 Å². The number of amides is 1. The summed E-state index contributed by atoms with van der Waals surface area (Å²) in [5.74, 6) is 1.49. The third-order valence-corrected chi connectivity index (χ3v) is 4.37. The Bertz CT molecular complexity index is 914. The lowest BCUT2D eigenvalue weighted by Crippen LogP contribution is -2.30. The molecule has 1 N–H and O–H groups in total. The van der Waals surface area contributed by atoms with E-state index in [9.17, 15) is 4.79 Å². The zero-order chi connectivity index (χ0) is 20.5. The average Bonchev–Trinajstić information content (AvgIpc) is 2.78. The van der Waals surface area contributed by atoms with Gasteiger partial charge in [0.25, 0.3) is 5.91 Å². The summed E-state index contributed by atoms with van der Waals surface area (Å²) in [5, 5.41) is 3.25. The van der Waals surface area contributed by atoms with Crippen molar-refractivity contribution in [2.75, 3.05) is 37.0 Å². The van der Waals surface area contributed by atoms with Gasteiger partial charge in [0.05, 0.1) is 18.4 Å². The summed E-state index contributed by atoms with van der Waals surface area (Å²) in [4.78, 5) is 18.9. The van der Waals surface area contributed by atoms with Gasteiger partial charge in [0.15, 0.2) is 0 Å². The molecule has 0 aliphatic carbocycles. The topological polar surface area (TPSA) is 63.7 Å². The Labute approximate surface area is 171 Å². The maximum absolute atomic E-state index is 12.9. The molecule has 0 unspecified atom stereocenters. The highest BCUT2D eigenvalue weighted by molar-refractivity contribution is 6.06. The Morgan fingerprint density at radius 3 is 2.45 bits per heavy atom. The van der Waals surface area contributed by atoms with Gasteiger partial charge in [0.2, 0.25) is 0 Å². The number of hydrogen-bond donors (Lipinski definition) is 1. The molecule has 0 bridgehead atoms. The molecule has 1 amide bonds. The summed E-state index contributed by atoms with van der Waals surface area (Å²) in [5.41, 5.74) is 2.18. The van der Waals surface area contributed by atoms with Gasteiger partial charge >= 0.3 is 0 Å². The van der Waals surface area contributed by atoms with Gasteiger partial charge in [-0.3, -0.25) is 9.78 Å². The van der Waals surface area contributed by atoms with Crippen molar-refractivity contribution >= 4 is 17.3 Å². The number of ether oxygens (including phenoxy) is 2. The Morgan fingerprint density at radius 1 is 1.03 bits per heavy atom. The molecular weight excluding hydrogens is 366 g/mol. The van der Waals surface area contributed by atoms with E-state index in [1.807, 2.05) is 67.6 Å². The Hall–Kier alpha value is -3.54. The fourth-order valence-electron chi connectivity index (χ4n) is 2.90. The fraction of sp³-hybridized carbons (Fsp3) is 0.217. The Morgan fingerprint density at radius 2 is 1.76 bits per heavy atom. The number of nitrogens with one attached hydrogen (secondary N) is 1. The lowest BCUT2D eigenvalue weighted by atomic mass is 10.2. The predicted molar refractivity (Wildman–Crippen MR) is 115 cm³/mol. The Kier molecular flexibility index (Phi) is 7.05. The zero-order valence-electron chi connectivity index (χ0n) is 16.7. The highest BCUT2D eigenvalue weighted by Gasteiger charge is 2.16. The van der Waals surface area contributed by atoms with Crippen molar-refractivity contribution in [3.05, 3.63) is 78.6 Å². The summed E-state index contributed by atoms with van der Waals surface area (Å²) in [7, 11) is 1.63. The monoisotopic (exact) mass is 391 g/mol. The van der Waals surface area contributed by atoms with Gasteiger partial charge in [0, 0.05) is 31.2 Å². The summed E-state index contributed by atoms with van der Waals surface area (Å²) < 4.78 is 10.8. The van der Waals surface area contributed by atoms with Gasteiger partial charge in [-0.05, 0) is 49.4 Å². The van der Waals surface area contributed by atoms with E-state index < -0.39 is 0 Å². The molecule has 0 aliphatic rings. The average molecular weight is 391 g/mol. The number of benzene rings is 2. The largest absolute Gasteiger partial charge is 0.497 e. The molecule has 0 spiro atoms. The minimum absolute atomic E-state index is 0.0793. The number of carbonyl (C=O) groups is 1. The number of nitrogens with zero attached hydrogens (tertiary/aromatic N) is 2. The molecule has 1 aromatic heterocycles. The van der Waals surface area contributed by atoms with Crippen LogP contribution in [0.15, 0.2) is 73.1 Å². The smallest absolute Gasteiger partial charge is 0.259 e. The minimum atomic E-state index is -0.0793. The van der Waals surface area contributed by atoms with Crippen LogP contribution in [-0.2, 0) is 0 Å². The van der Waals surface area contributed by atoms with Crippen LogP contribution in [0.5, 0.6) is 11.5 Å². The molecule has 0 saturated heterocycles. The van der Waals surface area contributed by atoms with Crippen molar-refractivity contribution in [3.8, 4) is 11.5 Å². The number of methoxy groups -OCH3 is 1. The summed E-state index contributed by atoms with van der Waals surface area (Å²) in [6, 6.07) is 18.9. The molecule has 1 heterocycles. The molecule has 6 heteroatoms. The van der Waals surface area contributed by atoms with E-state index in [-0.39, 0.29) is 5.91 Å². The van der Waals surface area contributed by atoms with Gasteiger partial charge in [-0.2, -0.15) is 0 Å². The predicted octanol–water partition coefficient (Wildman–Crippen LogP) is 4.25. The molecule has 0 fully saturated rings. The van der Waals surface area contributed by atoms with Gasteiger partial charge in [-0.25, -0.2) is 0 Å². The lowest BCUT2D eigenvalue weighted by molar-refractivity contribution is 0.0988. The summed E-state index contributed by atoms with van der Waals surface area (Å²) >= 11 is 0. The van der Waals surface area contributed by atoms with Gasteiger partial charge in [0.1, 0.15) is 18.1 Å². The highest BCUT2D eigenvalue weighted by atomic mass is 16.5. The molecular formula is C23H25N3O3. The van der Waals surface area contributed by atoms with E-state index in [2.05, 4.69) is 10.3 Å². The minimum Gasteiger partial charge on any atom is -0.497 e. The molecule has 6 nitrogen and oxygen atoms in total. The van der Waals surface area contributed by atoms with E-state index in [0.29, 0.717) is 25.3 Å². The van der Waals surface area contributed by atoms with Crippen molar-refractivity contribution < 1.29 is 14.3 Å². The molecule has 0 saturated carbocycles. The first-order valence-corrected chi connectivity index (χ1v) is 9.54. The van der Waals surface area contributed by atoms with E-state index in [0.717, 1.165) is 22.9 Å². The molecule has 150 valence electrons. The molecule has 0 radical (unpaired) electrons. The lowest BCUT2D eigenvalue weighted by Gasteiger charge is -2.21. The van der Waals surface area contributed by atoms with E-state index in [1.54, 1.807) is 24.4 Å². The molecule has 3 aromatic rings. The number of hydrogen-bond acceptors (Lipinski definition) is 5. The second-order valence-corrected chi connectivity index (χ2v) is 6.30. The second-order valence-electron chi connectivity index (χ2n) is 6.30. The third-order valence-electron chi connectivity index (χ3n) is 4.37. The highest BCUT2D eigenvalue weighted by Crippen LogP contribution is 2.19. The zero-order valence-corrected chi connectivity index (χ0v) is 16.7. The standard InChI is InChI=1S/C23H25N3O3/c1-3-26(20-7-5-4-6-8-20)23(27)18-15-19(17-24-16-18)25-13-14-29-22-11-9-21(28-2)10-12-22/h4-12,15-17,25H,3,13-14H2,1-2H3. The van der Waals surface area contributed by atoms with Crippen LogP contribution in [0.1, 0.15) is 17.3 Å². The van der Waals surface area contributed by atoms with Crippen LogP contribution in [0.3, 0.4) is 0 Å². The third kappa shape index (κ3) is 5.48. The van der Waals surface area contributed by atoms with Gasteiger partial charge in [-0.15, -0.1) is 0 Å². The maximum Gasteiger partial charge on any atom is 0.259 e. The van der Waals surface area contributed by atoms with Crippen LogP contribution in [0, 0.1) is 0 Å². The quantitative estimate of drug-likeness (QED) is 0.553. The Balaban J connectivity index is 1.56. The molecule has 3 rings (SSSR count). The number of aromatic nitrogens is 1. The first kappa shape index (κ1) is 20.2. The molecule has 2 aromatic carbocycles. The van der Waals surface area contributed by atoms with Crippen molar-refractivity contribution in [1.29, 1.82) is 0 Å². The number of para-hydroxylation sites is 1. The maximum atomic E-state index is 12.9. The van der Waals surface area contributed by atoms with Crippen LogP contribution in [-0.4, -0.2) is 37.7 Å². The van der Waals surface area contributed by atoms with E-state index >= 15 is 0 Å². The van der Waals surface area contributed by atoms with Crippen molar-refractivity contribution in [2.45, 2.75) is 6.92 Å². The number of rotatable bonds is 9. The van der Waals surface area contributed by atoms with Crippen molar-refractivity contribution in [2.24, 2.45) is 0 Å². The summed E-state index contributed by atoms with van der Waals surface area (Å²) in [6.07, 6.45) is 3.29. The van der Waals surface area contributed by atoms with Crippen LogP contribution in [0.4, 0.5) is 11.4 Å². The second kappa shape index (κ2) is 10.1. The number of anilines is 2. The number of carbonyl (C=O) groups excluding carboxylic acids is 1. The van der Waals surface area contributed by atoms with Crippen molar-refractivity contribution in [1.82, 2.24) is 4.98 Å². The number of pyridine rings is 1. The molecule has 29 heavy (non-hydrogen) atoms. The SMILES string of the molecule is CCN(C(=O)c1cncc(NCCOc2ccc(OC)cc2)c1)c1ccccc1. The molecule has 0 atom stereocenters. The first-order valence-electron chi connectivity index (χ1n) is 9.54. The fourth-order valence-corrected chi connectivity index (χ4v) is 2.90.